The smallest absolute Gasteiger partial charge is 0.223 e. The molecule has 0 saturated carbocycles. The van der Waals surface area contributed by atoms with E-state index in [4.69, 9.17) is 4.74 Å². The third kappa shape index (κ3) is 4.74. The maximum absolute atomic E-state index is 11.9. The van der Waals surface area contributed by atoms with Gasteiger partial charge in [0.25, 0.3) is 0 Å². The summed E-state index contributed by atoms with van der Waals surface area (Å²) in [6, 6.07) is 4.45. The molecule has 1 saturated heterocycles. The van der Waals surface area contributed by atoms with Crippen LogP contribution in [0, 0.1) is 20.8 Å². The highest BCUT2D eigenvalue weighted by molar-refractivity contribution is 5.76. The van der Waals surface area contributed by atoms with E-state index in [1.54, 1.807) is 0 Å². The molecule has 0 unspecified atom stereocenters. The van der Waals surface area contributed by atoms with Gasteiger partial charge in [0, 0.05) is 12.6 Å². The molecular formula is C17H26N2O2. The lowest BCUT2D eigenvalue weighted by Crippen LogP contribution is -2.45. The number of hydrogen-bond acceptors (Lipinski definition) is 3. The Kier molecular flexibility index (Phi) is 5.62. The molecule has 2 rings (SSSR count). The zero-order chi connectivity index (χ0) is 15.2. The molecule has 1 amide bonds. The summed E-state index contributed by atoms with van der Waals surface area (Å²) in [5, 5.41) is 6.36. The fourth-order valence-corrected chi connectivity index (χ4v) is 2.68. The Morgan fingerprint density at radius 2 is 2.19 bits per heavy atom. The second-order valence-electron chi connectivity index (χ2n) is 5.91. The standard InChI is InChI=1S/C17H26N2O2/c1-12-9-13(2)14(3)16(10-12)21-8-6-17(20)19-15-5-4-7-18-11-15/h9-10,15,18H,4-8,11H2,1-3H3,(H,19,20)/t15-/m0/s1. The first-order valence-electron chi connectivity index (χ1n) is 7.77. The topological polar surface area (TPSA) is 50.4 Å². The van der Waals surface area contributed by atoms with Gasteiger partial charge in [-0.25, -0.2) is 0 Å². The van der Waals surface area contributed by atoms with Crippen molar-refractivity contribution in [3.05, 3.63) is 28.8 Å². The van der Waals surface area contributed by atoms with Crippen molar-refractivity contribution < 1.29 is 9.53 Å². The molecule has 21 heavy (non-hydrogen) atoms. The Balaban J connectivity index is 1.77. The lowest BCUT2D eigenvalue weighted by atomic mass is 10.1. The SMILES string of the molecule is Cc1cc(C)c(C)c(OCCC(=O)N[C@H]2CCCNC2)c1. The van der Waals surface area contributed by atoms with Gasteiger partial charge >= 0.3 is 0 Å². The van der Waals surface area contributed by atoms with Crippen LogP contribution in [0.1, 0.15) is 36.0 Å². The van der Waals surface area contributed by atoms with Crippen LogP contribution >= 0.6 is 0 Å². The molecule has 0 aromatic heterocycles. The minimum Gasteiger partial charge on any atom is -0.493 e. The number of carbonyl (C=O) groups excluding carboxylic acids is 1. The first-order valence-corrected chi connectivity index (χ1v) is 7.77. The summed E-state index contributed by atoms with van der Waals surface area (Å²) in [4.78, 5) is 11.9. The zero-order valence-electron chi connectivity index (χ0n) is 13.3. The van der Waals surface area contributed by atoms with E-state index in [9.17, 15) is 4.79 Å². The molecular weight excluding hydrogens is 264 g/mol. The summed E-state index contributed by atoms with van der Waals surface area (Å²) < 4.78 is 5.78. The number of carbonyl (C=O) groups is 1. The number of rotatable bonds is 5. The van der Waals surface area contributed by atoms with Crippen molar-refractivity contribution in [2.45, 2.75) is 46.1 Å². The van der Waals surface area contributed by atoms with Crippen LogP contribution in [-0.4, -0.2) is 31.6 Å². The van der Waals surface area contributed by atoms with Gasteiger partial charge in [0.2, 0.25) is 5.91 Å². The van der Waals surface area contributed by atoms with E-state index in [-0.39, 0.29) is 11.9 Å². The van der Waals surface area contributed by atoms with Gasteiger partial charge in [-0.2, -0.15) is 0 Å². The van der Waals surface area contributed by atoms with Crippen molar-refractivity contribution >= 4 is 5.91 Å². The number of piperidine rings is 1. The molecule has 1 aliphatic heterocycles. The van der Waals surface area contributed by atoms with E-state index in [2.05, 4.69) is 37.5 Å². The molecule has 4 heteroatoms. The maximum Gasteiger partial charge on any atom is 0.223 e. The molecule has 1 heterocycles. The lowest BCUT2D eigenvalue weighted by molar-refractivity contribution is -0.122. The molecule has 4 nitrogen and oxygen atoms in total. The van der Waals surface area contributed by atoms with Gasteiger partial charge in [-0.05, 0) is 62.9 Å². The third-order valence-corrected chi connectivity index (χ3v) is 4.01. The van der Waals surface area contributed by atoms with E-state index >= 15 is 0 Å². The average Bonchev–Trinajstić information content (AvgIpc) is 2.45. The van der Waals surface area contributed by atoms with Gasteiger partial charge in [0.05, 0.1) is 13.0 Å². The largest absolute Gasteiger partial charge is 0.493 e. The number of hydrogen-bond donors (Lipinski definition) is 2. The second-order valence-corrected chi connectivity index (χ2v) is 5.91. The van der Waals surface area contributed by atoms with Gasteiger partial charge in [-0.15, -0.1) is 0 Å². The summed E-state index contributed by atoms with van der Waals surface area (Å²) in [6.45, 7) is 8.55. The molecule has 0 spiro atoms. The van der Waals surface area contributed by atoms with Crippen LogP contribution in [0.25, 0.3) is 0 Å². The van der Waals surface area contributed by atoms with Crippen LogP contribution in [0.4, 0.5) is 0 Å². The highest BCUT2D eigenvalue weighted by Gasteiger charge is 2.15. The predicted molar refractivity (Wildman–Crippen MR) is 84.8 cm³/mol. The fraction of sp³-hybridized carbons (Fsp3) is 0.588. The minimum atomic E-state index is 0.0747. The number of nitrogens with one attached hydrogen (secondary N) is 2. The molecule has 1 aromatic rings. The van der Waals surface area contributed by atoms with Crippen LogP contribution in [-0.2, 0) is 4.79 Å². The molecule has 0 radical (unpaired) electrons. The molecule has 1 atom stereocenters. The van der Waals surface area contributed by atoms with Crippen molar-refractivity contribution in [3.8, 4) is 5.75 Å². The fourth-order valence-electron chi connectivity index (χ4n) is 2.68. The second kappa shape index (κ2) is 7.46. The van der Waals surface area contributed by atoms with Crippen LogP contribution in [0.2, 0.25) is 0 Å². The Morgan fingerprint density at radius 1 is 1.38 bits per heavy atom. The number of amides is 1. The Labute approximate surface area is 127 Å². The summed E-state index contributed by atoms with van der Waals surface area (Å²) in [6.07, 6.45) is 2.60. The molecule has 116 valence electrons. The predicted octanol–water partition coefficient (Wildman–Crippen LogP) is 2.25. The van der Waals surface area contributed by atoms with E-state index in [0.29, 0.717) is 13.0 Å². The summed E-state index contributed by atoms with van der Waals surface area (Å²) in [5.41, 5.74) is 3.56. The molecule has 1 aliphatic rings. The highest BCUT2D eigenvalue weighted by Crippen LogP contribution is 2.23. The summed E-state index contributed by atoms with van der Waals surface area (Å²) in [7, 11) is 0. The molecule has 0 bridgehead atoms. The first-order chi connectivity index (χ1) is 10.1. The van der Waals surface area contributed by atoms with Crippen LogP contribution < -0.4 is 15.4 Å². The van der Waals surface area contributed by atoms with Crippen molar-refractivity contribution in [2.24, 2.45) is 0 Å². The monoisotopic (exact) mass is 290 g/mol. The molecule has 1 fully saturated rings. The maximum atomic E-state index is 11.9. The van der Waals surface area contributed by atoms with E-state index in [1.165, 1.54) is 11.1 Å². The van der Waals surface area contributed by atoms with E-state index in [1.807, 2.05) is 6.07 Å². The molecule has 1 aromatic carbocycles. The average molecular weight is 290 g/mol. The number of aryl methyl sites for hydroxylation is 2. The summed E-state index contributed by atoms with van der Waals surface area (Å²) in [5.74, 6) is 0.963. The molecule has 0 aliphatic carbocycles. The van der Waals surface area contributed by atoms with Crippen LogP contribution in [0.3, 0.4) is 0 Å². The van der Waals surface area contributed by atoms with Gasteiger partial charge in [-0.3, -0.25) is 4.79 Å². The zero-order valence-corrected chi connectivity index (χ0v) is 13.3. The van der Waals surface area contributed by atoms with Gasteiger partial charge in [-0.1, -0.05) is 6.07 Å². The Bertz CT molecular complexity index is 494. The highest BCUT2D eigenvalue weighted by atomic mass is 16.5. The van der Waals surface area contributed by atoms with Crippen molar-refractivity contribution in [2.75, 3.05) is 19.7 Å². The number of benzene rings is 1. The van der Waals surface area contributed by atoms with Gasteiger partial charge in [0.15, 0.2) is 0 Å². The third-order valence-electron chi connectivity index (χ3n) is 4.01. The molecule has 2 N–H and O–H groups in total. The van der Waals surface area contributed by atoms with Crippen molar-refractivity contribution in [3.63, 3.8) is 0 Å². The number of ether oxygens (including phenoxy) is 1. The van der Waals surface area contributed by atoms with Gasteiger partial charge < -0.3 is 15.4 Å². The normalized spacial score (nSPS) is 18.3. The Hall–Kier alpha value is -1.55. The van der Waals surface area contributed by atoms with E-state index < -0.39 is 0 Å². The van der Waals surface area contributed by atoms with Crippen molar-refractivity contribution in [1.29, 1.82) is 0 Å². The van der Waals surface area contributed by atoms with Gasteiger partial charge in [0.1, 0.15) is 5.75 Å². The Morgan fingerprint density at radius 3 is 2.90 bits per heavy atom. The quantitative estimate of drug-likeness (QED) is 0.874. The van der Waals surface area contributed by atoms with E-state index in [0.717, 1.165) is 37.2 Å². The van der Waals surface area contributed by atoms with Crippen molar-refractivity contribution in [1.82, 2.24) is 10.6 Å². The lowest BCUT2D eigenvalue weighted by Gasteiger charge is -2.23. The minimum absolute atomic E-state index is 0.0747. The first kappa shape index (κ1) is 15.8. The van der Waals surface area contributed by atoms with Crippen LogP contribution in [0.5, 0.6) is 5.75 Å². The summed E-state index contributed by atoms with van der Waals surface area (Å²) >= 11 is 0. The van der Waals surface area contributed by atoms with Crippen LogP contribution in [0.15, 0.2) is 12.1 Å².